The van der Waals surface area contributed by atoms with E-state index in [0.717, 1.165) is 51.6 Å². The van der Waals surface area contributed by atoms with Gasteiger partial charge in [-0.05, 0) is 69.1 Å². The molecule has 7 heteroatoms. The molecule has 5 rings (SSSR count). The van der Waals surface area contributed by atoms with E-state index in [1.807, 2.05) is 4.90 Å². The highest BCUT2D eigenvalue weighted by molar-refractivity contribution is 5.92. The summed E-state index contributed by atoms with van der Waals surface area (Å²) in [5.74, 6) is 1.62. The molecule has 176 valence electrons. The molecular formula is C25H38N4O3. The summed E-state index contributed by atoms with van der Waals surface area (Å²) < 4.78 is 0. The van der Waals surface area contributed by atoms with Gasteiger partial charge in [-0.2, -0.15) is 0 Å². The van der Waals surface area contributed by atoms with Crippen LogP contribution >= 0.6 is 0 Å². The minimum absolute atomic E-state index is 0.0240. The van der Waals surface area contributed by atoms with Crippen LogP contribution in [-0.2, 0) is 9.59 Å². The van der Waals surface area contributed by atoms with Crippen molar-refractivity contribution >= 4 is 17.8 Å². The lowest BCUT2D eigenvalue weighted by atomic mass is 10.0. The summed E-state index contributed by atoms with van der Waals surface area (Å²) in [5.41, 5.74) is 0. The van der Waals surface area contributed by atoms with Crippen LogP contribution in [0.15, 0.2) is 12.2 Å². The van der Waals surface area contributed by atoms with Gasteiger partial charge in [0.2, 0.25) is 11.8 Å². The highest BCUT2D eigenvalue weighted by atomic mass is 16.2. The van der Waals surface area contributed by atoms with E-state index >= 15 is 0 Å². The van der Waals surface area contributed by atoms with Gasteiger partial charge in [0.25, 0.3) is 0 Å². The Labute approximate surface area is 191 Å². The molecule has 32 heavy (non-hydrogen) atoms. The Balaban J connectivity index is 1.27. The summed E-state index contributed by atoms with van der Waals surface area (Å²) in [6.45, 7) is 2.24. The minimum Gasteiger partial charge on any atom is -0.351 e. The molecule has 0 radical (unpaired) electrons. The summed E-state index contributed by atoms with van der Waals surface area (Å²) in [7, 11) is 0. The largest absolute Gasteiger partial charge is 0.351 e. The van der Waals surface area contributed by atoms with E-state index in [4.69, 9.17) is 0 Å². The van der Waals surface area contributed by atoms with Gasteiger partial charge in [0.15, 0.2) is 0 Å². The molecule has 0 bridgehead atoms. The van der Waals surface area contributed by atoms with Crippen LogP contribution in [0.3, 0.4) is 0 Å². The number of likely N-dealkylation sites (tertiary alicyclic amines) is 1. The lowest BCUT2D eigenvalue weighted by Gasteiger charge is -2.30. The predicted molar refractivity (Wildman–Crippen MR) is 122 cm³/mol. The zero-order chi connectivity index (χ0) is 22.1. The maximum absolute atomic E-state index is 13.5. The van der Waals surface area contributed by atoms with E-state index < -0.39 is 12.1 Å². The first-order valence-electron chi connectivity index (χ1n) is 12.9. The molecule has 2 aliphatic carbocycles. The van der Waals surface area contributed by atoms with E-state index in [-0.39, 0.29) is 23.9 Å². The quantitative estimate of drug-likeness (QED) is 0.613. The van der Waals surface area contributed by atoms with Gasteiger partial charge in [-0.15, -0.1) is 0 Å². The molecule has 0 aromatic rings. The molecule has 0 spiro atoms. The summed E-state index contributed by atoms with van der Waals surface area (Å²) in [4.78, 5) is 43.2. The van der Waals surface area contributed by atoms with Gasteiger partial charge in [0, 0.05) is 25.7 Å². The fourth-order valence-electron chi connectivity index (χ4n) is 6.33. The zero-order valence-corrected chi connectivity index (χ0v) is 19.1. The number of rotatable bonds is 1. The van der Waals surface area contributed by atoms with Crippen molar-refractivity contribution in [2.24, 2.45) is 17.8 Å². The number of hydrogen-bond donors (Lipinski definition) is 2. The van der Waals surface area contributed by atoms with Crippen LogP contribution in [0.25, 0.3) is 0 Å². The highest BCUT2D eigenvalue weighted by Gasteiger charge is 2.43. The van der Waals surface area contributed by atoms with Gasteiger partial charge in [-0.1, -0.05) is 31.4 Å². The molecule has 2 saturated heterocycles. The second kappa shape index (κ2) is 9.44. The predicted octanol–water partition coefficient (Wildman–Crippen LogP) is 2.81. The SMILES string of the molecule is O=C1NC2CC2/C=C\CCCCC[C@H](NC(=O)N2CC3CCCC3C2)C(=O)N2CCCC12. The lowest BCUT2D eigenvalue weighted by molar-refractivity contribution is -0.140. The van der Waals surface area contributed by atoms with Crippen LogP contribution in [0.4, 0.5) is 4.79 Å². The number of allylic oxidation sites excluding steroid dienone is 1. The van der Waals surface area contributed by atoms with Gasteiger partial charge < -0.3 is 20.4 Å². The topological polar surface area (TPSA) is 81.8 Å². The second-order valence-corrected chi connectivity index (χ2v) is 10.6. The third-order valence-electron chi connectivity index (χ3n) is 8.36. The highest BCUT2D eigenvalue weighted by Crippen LogP contribution is 2.37. The molecule has 3 aliphatic heterocycles. The first kappa shape index (κ1) is 21.8. The van der Waals surface area contributed by atoms with Crippen molar-refractivity contribution in [3.63, 3.8) is 0 Å². The number of hydrogen-bond acceptors (Lipinski definition) is 3. The van der Waals surface area contributed by atoms with Crippen molar-refractivity contribution in [1.82, 2.24) is 20.4 Å². The third kappa shape index (κ3) is 4.67. The van der Waals surface area contributed by atoms with Gasteiger partial charge in [0.05, 0.1) is 0 Å². The molecule has 2 N–H and O–H groups in total. The second-order valence-electron chi connectivity index (χ2n) is 10.6. The van der Waals surface area contributed by atoms with Gasteiger partial charge >= 0.3 is 6.03 Å². The van der Waals surface area contributed by atoms with Crippen LogP contribution in [0.5, 0.6) is 0 Å². The van der Waals surface area contributed by atoms with Gasteiger partial charge in [-0.3, -0.25) is 9.59 Å². The molecule has 5 aliphatic rings. The Hall–Kier alpha value is -2.05. The molecule has 5 unspecified atom stereocenters. The molecule has 7 nitrogen and oxygen atoms in total. The maximum atomic E-state index is 13.5. The van der Waals surface area contributed by atoms with E-state index in [0.29, 0.717) is 37.1 Å². The fourth-order valence-corrected chi connectivity index (χ4v) is 6.33. The van der Waals surface area contributed by atoms with Crippen molar-refractivity contribution in [2.75, 3.05) is 19.6 Å². The van der Waals surface area contributed by atoms with E-state index in [2.05, 4.69) is 22.8 Å². The molecule has 0 aromatic carbocycles. The van der Waals surface area contributed by atoms with Crippen molar-refractivity contribution in [3.8, 4) is 0 Å². The monoisotopic (exact) mass is 442 g/mol. The van der Waals surface area contributed by atoms with Crippen molar-refractivity contribution in [2.45, 2.75) is 88.8 Å². The Bertz CT molecular complexity index is 756. The Kier molecular flexibility index (Phi) is 6.42. The van der Waals surface area contributed by atoms with Crippen LogP contribution < -0.4 is 10.6 Å². The Morgan fingerprint density at radius 1 is 0.969 bits per heavy atom. The summed E-state index contributed by atoms with van der Waals surface area (Å²) in [6, 6.07) is -0.819. The first-order chi connectivity index (χ1) is 15.6. The van der Waals surface area contributed by atoms with Gasteiger partial charge in [0.1, 0.15) is 12.1 Å². The smallest absolute Gasteiger partial charge is 0.318 e. The lowest BCUT2D eigenvalue weighted by Crippen LogP contribution is -2.55. The molecule has 0 aromatic heterocycles. The summed E-state index contributed by atoms with van der Waals surface area (Å²) in [5, 5.41) is 6.25. The molecule has 6 atom stereocenters. The van der Waals surface area contributed by atoms with Crippen LogP contribution in [0, 0.1) is 17.8 Å². The van der Waals surface area contributed by atoms with Crippen LogP contribution in [-0.4, -0.2) is 65.4 Å². The number of nitrogens with zero attached hydrogens (tertiary/aromatic N) is 2. The molecule has 4 amide bonds. The molecule has 2 saturated carbocycles. The number of carbonyl (C=O) groups excluding carboxylic acids is 3. The average molecular weight is 443 g/mol. The fraction of sp³-hybridized carbons (Fsp3) is 0.800. The number of carbonyl (C=O) groups is 3. The Morgan fingerprint density at radius 2 is 1.78 bits per heavy atom. The minimum atomic E-state index is -0.536. The number of urea groups is 1. The normalized spacial score (nSPS) is 38.8. The number of amides is 4. The Morgan fingerprint density at radius 3 is 2.59 bits per heavy atom. The van der Waals surface area contributed by atoms with Crippen molar-refractivity contribution < 1.29 is 14.4 Å². The van der Waals surface area contributed by atoms with Crippen molar-refractivity contribution in [3.05, 3.63) is 12.2 Å². The third-order valence-corrected chi connectivity index (χ3v) is 8.36. The molecule has 3 heterocycles. The average Bonchev–Trinajstić information content (AvgIpc) is 3.17. The van der Waals surface area contributed by atoms with E-state index in [9.17, 15) is 14.4 Å². The summed E-state index contributed by atoms with van der Waals surface area (Å²) in [6.07, 6.45) is 15.5. The van der Waals surface area contributed by atoms with Crippen LogP contribution in [0.1, 0.15) is 70.6 Å². The first-order valence-corrected chi connectivity index (χ1v) is 12.9. The van der Waals surface area contributed by atoms with E-state index in [1.165, 1.54) is 19.3 Å². The van der Waals surface area contributed by atoms with Gasteiger partial charge in [-0.25, -0.2) is 4.79 Å². The van der Waals surface area contributed by atoms with Crippen LogP contribution in [0.2, 0.25) is 0 Å². The van der Waals surface area contributed by atoms with E-state index in [1.54, 1.807) is 4.90 Å². The molecule has 4 fully saturated rings. The standard InChI is InChI=1S/C25H38N4O3/c30-23-22-12-7-13-29(22)24(31)20(11-5-3-1-2-4-8-17-14-21(17)26-23)27-25(32)28-15-18-9-6-10-19(18)16-28/h4,8,17-22H,1-3,5-7,9-16H2,(H,26,30)(H,27,32)/b8-4-/t17?,18?,19?,20-,21?,22?/m0/s1. The maximum Gasteiger partial charge on any atom is 0.318 e. The number of nitrogens with one attached hydrogen (secondary N) is 2. The summed E-state index contributed by atoms with van der Waals surface area (Å²) >= 11 is 0. The zero-order valence-electron chi connectivity index (χ0n) is 19.1. The molecular weight excluding hydrogens is 404 g/mol. The van der Waals surface area contributed by atoms with Crippen molar-refractivity contribution in [1.29, 1.82) is 0 Å². The number of fused-ring (bicyclic) bond motifs is 3.